The van der Waals surface area contributed by atoms with E-state index >= 15 is 0 Å². The second-order valence-corrected chi connectivity index (χ2v) is 8.79. The van der Waals surface area contributed by atoms with Gasteiger partial charge in [0, 0.05) is 32.2 Å². The number of methoxy groups -OCH3 is 1. The van der Waals surface area contributed by atoms with Gasteiger partial charge >= 0.3 is 0 Å². The Labute approximate surface area is 189 Å². The zero-order valence-electron chi connectivity index (χ0n) is 18.7. The number of para-hydroxylation sites is 2. The Morgan fingerprint density at radius 1 is 1.09 bits per heavy atom. The normalized spacial score (nSPS) is 19.5. The lowest BCUT2D eigenvalue weighted by atomic mass is 10.0. The van der Waals surface area contributed by atoms with Gasteiger partial charge in [0.05, 0.1) is 18.1 Å². The summed E-state index contributed by atoms with van der Waals surface area (Å²) in [5.74, 6) is 2.15. The van der Waals surface area contributed by atoms with Crippen molar-refractivity contribution in [3.63, 3.8) is 0 Å². The van der Waals surface area contributed by atoms with Gasteiger partial charge in [-0.15, -0.1) is 0 Å². The molecular weight excluding hydrogens is 402 g/mol. The van der Waals surface area contributed by atoms with Crippen molar-refractivity contribution in [3.8, 4) is 5.75 Å². The van der Waals surface area contributed by atoms with Crippen molar-refractivity contribution in [3.05, 3.63) is 59.9 Å². The van der Waals surface area contributed by atoms with Crippen molar-refractivity contribution in [1.82, 2.24) is 14.5 Å². The van der Waals surface area contributed by atoms with E-state index in [1.165, 1.54) is 11.1 Å². The van der Waals surface area contributed by atoms with Crippen LogP contribution in [0.15, 0.2) is 48.5 Å². The van der Waals surface area contributed by atoms with E-state index in [1.807, 2.05) is 35.2 Å². The van der Waals surface area contributed by atoms with Crippen molar-refractivity contribution < 1.29 is 14.3 Å². The molecule has 0 spiro atoms. The lowest BCUT2D eigenvalue weighted by molar-refractivity contribution is -0.132. The molecule has 2 saturated heterocycles. The molecule has 0 N–H and O–H groups in total. The second-order valence-electron chi connectivity index (χ2n) is 8.79. The lowest BCUT2D eigenvalue weighted by Gasteiger charge is -2.34. The number of imidazole rings is 1. The number of amides is 1. The van der Waals surface area contributed by atoms with Gasteiger partial charge in [-0.05, 0) is 61.9 Å². The Kier molecular flexibility index (Phi) is 6.12. The number of benzene rings is 2. The highest BCUT2D eigenvalue weighted by molar-refractivity contribution is 5.77. The van der Waals surface area contributed by atoms with Crippen molar-refractivity contribution in [1.29, 1.82) is 0 Å². The number of fused-ring (bicyclic) bond motifs is 1. The standard InChI is InChI=1S/C26H31N3O3/c1-31-21-11-8-19(9-12-21)10-13-25(30)28-16-14-20(15-17-28)29-23-6-3-2-5-22(23)27-26(29)24-7-4-18-32-24/h2-3,5-6,8-9,11-12,20,24H,4,7,10,13-18H2,1H3/t24-/m0/s1. The summed E-state index contributed by atoms with van der Waals surface area (Å²) >= 11 is 0. The van der Waals surface area contributed by atoms with E-state index in [2.05, 4.69) is 22.8 Å². The van der Waals surface area contributed by atoms with Crippen LogP contribution in [-0.2, 0) is 16.0 Å². The Morgan fingerprint density at radius 2 is 1.88 bits per heavy atom. The molecule has 0 radical (unpaired) electrons. The van der Waals surface area contributed by atoms with Crippen LogP contribution >= 0.6 is 0 Å². The molecule has 2 aliphatic rings. The van der Waals surface area contributed by atoms with Crippen molar-refractivity contribution in [2.75, 3.05) is 26.8 Å². The summed E-state index contributed by atoms with van der Waals surface area (Å²) in [5, 5.41) is 0. The molecule has 6 heteroatoms. The third-order valence-corrected chi connectivity index (χ3v) is 6.81. The van der Waals surface area contributed by atoms with E-state index in [1.54, 1.807) is 7.11 Å². The summed E-state index contributed by atoms with van der Waals surface area (Å²) in [7, 11) is 1.67. The molecule has 5 rings (SSSR count). The van der Waals surface area contributed by atoms with Crippen LogP contribution in [0.2, 0.25) is 0 Å². The van der Waals surface area contributed by atoms with Crippen LogP contribution < -0.4 is 4.74 Å². The summed E-state index contributed by atoms with van der Waals surface area (Å²) in [6, 6.07) is 16.7. The maximum absolute atomic E-state index is 12.8. The number of carbonyl (C=O) groups is 1. The van der Waals surface area contributed by atoms with E-state index in [0.29, 0.717) is 12.5 Å². The molecule has 2 aromatic carbocycles. The number of nitrogens with zero attached hydrogens (tertiary/aromatic N) is 3. The SMILES string of the molecule is COc1ccc(CCC(=O)N2CCC(n3c([C@@H]4CCCO4)nc4ccccc43)CC2)cc1. The number of likely N-dealkylation sites (tertiary alicyclic amines) is 1. The van der Waals surface area contributed by atoms with Gasteiger partial charge in [0.25, 0.3) is 0 Å². The fraction of sp³-hybridized carbons (Fsp3) is 0.462. The van der Waals surface area contributed by atoms with Crippen LogP contribution in [0.5, 0.6) is 5.75 Å². The summed E-state index contributed by atoms with van der Waals surface area (Å²) in [4.78, 5) is 19.8. The second kappa shape index (κ2) is 9.33. The van der Waals surface area contributed by atoms with Gasteiger partial charge in [0.2, 0.25) is 5.91 Å². The summed E-state index contributed by atoms with van der Waals surface area (Å²) in [6.45, 7) is 2.40. The molecule has 1 atom stereocenters. The number of rotatable bonds is 6. The van der Waals surface area contributed by atoms with Crippen LogP contribution in [0.3, 0.4) is 0 Å². The third-order valence-electron chi connectivity index (χ3n) is 6.81. The number of hydrogen-bond donors (Lipinski definition) is 0. The first kappa shape index (κ1) is 21.0. The zero-order valence-corrected chi connectivity index (χ0v) is 18.7. The first-order chi connectivity index (χ1) is 15.7. The van der Waals surface area contributed by atoms with Gasteiger partial charge in [-0.3, -0.25) is 4.79 Å². The minimum atomic E-state index is 0.0894. The van der Waals surface area contributed by atoms with Crippen LogP contribution in [0.25, 0.3) is 11.0 Å². The predicted molar refractivity (Wildman–Crippen MR) is 124 cm³/mol. The Bertz CT molecular complexity index is 1060. The topological polar surface area (TPSA) is 56.6 Å². The molecular formula is C26H31N3O3. The Balaban J connectivity index is 1.24. The van der Waals surface area contributed by atoms with Crippen LogP contribution in [0.1, 0.15) is 55.6 Å². The molecule has 6 nitrogen and oxygen atoms in total. The number of ether oxygens (including phenoxy) is 2. The molecule has 168 valence electrons. The number of piperidine rings is 1. The number of hydrogen-bond acceptors (Lipinski definition) is 4. The smallest absolute Gasteiger partial charge is 0.222 e. The zero-order chi connectivity index (χ0) is 21.9. The largest absolute Gasteiger partial charge is 0.497 e. The predicted octanol–water partition coefficient (Wildman–Crippen LogP) is 4.69. The molecule has 32 heavy (non-hydrogen) atoms. The quantitative estimate of drug-likeness (QED) is 0.566. The highest BCUT2D eigenvalue weighted by atomic mass is 16.5. The highest BCUT2D eigenvalue weighted by Gasteiger charge is 2.30. The fourth-order valence-corrected chi connectivity index (χ4v) is 5.03. The summed E-state index contributed by atoms with van der Waals surface area (Å²) in [6.07, 6.45) is 5.43. The summed E-state index contributed by atoms with van der Waals surface area (Å²) in [5.41, 5.74) is 3.39. The number of carbonyl (C=O) groups excluding carboxylic acids is 1. The average Bonchev–Trinajstić information content (AvgIpc) is 3.51. The Morgan fingerprint density at radius 3 is 2.59 bits per heavy atom. The number of aromatic nitrogens is 2. The molecule has 2 fully saturated rings. The van der Waals surface area contributed by atoms with E-state index in [4.69, 9.17) is 14.5 Å². The minimum Gasteiger partial charge on any atom is -0.497 e. The first-order valence-corrected chi connectivity index (χ1v) is 11.7. The third kappa shape index (κ3) is 4.24. The molecule has 0 bridgehead atoms. The van der Waals surface area contributed by atoms with Crippen molar-refractivity contribution in [2.45, 2.75) is 50.7 Å². The maximum atomic E-state index is 12.8. The molecule has 0 aliphatic carbocycles. The first-order valence-electron chi connectivity index (χ1n) is 11.7. The van der Waals surface area contributed by atoms with Gasteiger partial charge < -0.3 is 18.9 Å². The molecule has 1 aromatic heterocycles. The minimum absolute atomic E-state index is 0.0894. The monoisotopic (exact) mass is 433 g/mol. The molecule has 1 amide bonds. The lowest BCUT2D eigenvalue weighted by Crippen LogP contribution is -2.39. The molecule has 2 aliphatic heterocycles. The molecule has 3 heterocycles. The average molecular weight is 434 g/mol. The van der Waals surface area contributed by atoms with Crippen LogP contribution in [0, 0.1) is 0 Å². The van der Waals surface area contributed by atoms with E-state index in [0.717, 1.165) is 68.9 Å². The van der Waals surface area contributed by atoms with Crippen molar-refractivity contribution in [2.24, 2.45) is 0 Å². The van der Waals surface area contributed by atoms with E-state index in [9.17, 15) is 4.79 Å². The summed E-state index contributed by atoms with van der Waals surface area (Å²) < 4.78 is 13.6. The highest BCUT2D eigenvalue weighted by Crippen LogP contribution is 2.35. The van der Waals surface area contributed by atoms with E-state index in [-0.39, 0.29) is 12.0 Å². The molecule has 0 unspecified atom stereocenters. The number of aryl methyl sites for hydroxylation is 1. The van der Waals surface area contributed by atoms with Gasteiger partial charge in [-0.25, -0.2) is 4.98 Å². The van der Waals surface area contributed by atoms with Gasteiger partial charge in [-0.2, -0.15) is 0 Å². The molecule has 3 aromatic rings. The van der Waals surface area contributed by atoms with Gasteiger partial charge in [0.1, 0.15) is 17.7 Å². The maximum Gasteiger partial charge on any atom is 0.222 e. The van der Waals surface area contributed by atoms with Crippen LogP contribution in [-0.4, -0.2) is 47.2 Å². The van der Waals surface area contributed by atoms with Crippen molar-refractivity contribution >= 4 is 16.9 Å². The van der Waals surface area contributed by atoms with E-state index < -0.39 is 0 Å². The van der Waals surface area contributed by atoms with Gasteiger partial charge in [0.15, 0.2) is 0 Å². The Hall–Kier alpha value is -2.86. The molecule has 0 saturated carbocycles. The fourth-order valence-electron chi connectivity index (χ4n) is 5.03. The van der Waals surface area contributed by atoms with Crippen LogP contribution in [0.4, 0.5) is 0 Å². The van der Waals surface area contributed by atoms with Gasteiger partial charge in [-0.1, -0.05) is 24.3 Å².